The average molecular weight is 413 g/mol. The first-order chi connectivity index (χ1) is 14.5. The van der Waals surface area contributed by atoms with Crippen molar-refractivity contribution in [2.45, 2.75) is 50.2 Å². The summed E-state index contributed by atoms with van der Waals surface area (Å²) in [5.41, 5.74) is 0.307. The van der Waals surface area contributed by atoms with Crippen LogP contribution in [0.5, 0.6) is 0 Å². The highest BCUT2D eigenvalue weighted by Crippen LogP contribution is 2.72. The van der Waals surface area contributed by atoms with Gasteiger partial charge in [0.15, 0.2) is 5.76 Å². The van der Waals surface area contributed by atoms with Crippen molar-refractivity contribution in [3.63, 3.8) is 0 Å². The minimum absolute atomic E-state index is 0.0318. The molecular formula is C23H27NO6. The molecule has 6 heterocycles. The largest absolute Gasteiger partial charge is 0.492 e. The Bertz CT molecular complexity index is 949. The van der Waals surface area contributed by atoms with Crippen molar-refractivity contribution >= 4 is 5.97 Å². The van der Waals surface area contributed by atoms with Crippen molar-refractivity contribution in [1.29, 1.82) is 0 Å². The van der Waals surface area contributed by atoms with Crippen molar-refractivity contribution < 1.29 is 28.8 Å². The number of fused-ring (bicyclic) bond motifs is 1. The van der Waals surface area contributed by atoms with Gasteiger partial charge in [-0.3, -0.25) is 4.90 Å². The SMILES string of the molecule is COC1=C(C)C(=O)O/C1=C1\O[C@@]23O[C@@H]4C[C@@H]([C@H]2[C@@H]1C)N1CC[C@H]3[C@@]41/C=C/C=C/CO. The Morgan fingerprint density at radius 3 is 2.97 bits per heavy atom. The smallest absolute Gasteiger partial charge is 0.343 e. The van der Waals surface area contributed by atoms with Crippen molar-refractivity contribution in [3.8, 4) is 0 Å². The van der Waals surface area contributed by atoms with Crippen LogP contribution >= 0.6 is 0 Å². The first kappa shape index (κ1) is 18.7. The molecule has 6 rings (SSSR count). The number of cyclic esters (lactones) is 1. The lowest BCUT2D eigenvalue weighted by Crippen LogP contribution is -2.60. The van der Waals surface area contributed by atoms with Gasteiger partial charge in [-0.25, -0.2) is 4.79 Å². The highest BCUT2D eigenvalue weighted by atomic mass is 16.7. The molecule has 6 aliphatic heterocycles. The van der Waals surface area contributed by atoms with E-state index in [1.54, 1.807) is 20.1 Å². The number of aliphatic hydroxyl groups is 1. The Balaban J connectivity index is 1.44. The molecule has 160 valence electrons. The average Bonchev–Trinajstić information content (AvgIpc) is 3.43. The Hall–Kier alpha value is -2.09. The van der Waals surface area contributed by atoms with E-state index >= 15 is 0 Å². The first-order valence-corrected chi connectivity index (χ1v) is 10.8. The minimum atomic E-state index is -0.685. The number of piperidine rings is 1. The van der Waals surface area contributed by atoms with Crippen LogP contribution in [-0.2, 0) is 23.7 Å². The quantitative estimate of drug-likeness (QED) is 0.558. The number of carbonyl (C=O) groups excluding carboxylic acids is 1. The Morgan fingerprint density at radius 2 is 2.20 bits per heavy atom. The van der Waals surface area contributed by atoms with Crippen molar-refractivity contribution in [2.75, 3.05) is 20.3 Å². The van der Waals surface area contributed by atoms with Crippen LogP contribution in [0.4, 0.5) is 0 Å². The van der Waals surface area contributed by atoms with E-state index in [0.29, 0.717) is 28.9 Å². The van der Waals surface area contributed by atoms with Crippen LogP contribution in [0.3, 0.4) is 0 Å². The summed E-state index contributed by atoms with van der Waals surface area (Å²) in [6.45, 7) is 4.94. The molecule has 30 heavy (non-hydrogen) atoms. The standard InChI is InChI=1S/C23H27NO6/c1-12-17-14-11-16-22(8-5-4-6-10-25)15(7-9-24(14)22)23(17,29-16)30-19(12)20-18(27-3)13(2)21(26)28-20/h4-6,8,12,14-17,25H,7,9-11H2,1-3H3/b6-4+,8-5+,20-19-/t12-,14-,15-,16+,17+,22-,23+/m0/s1. The third kappa shape index (κ3) is 1.90. The fourth-order valence-corrected chi connectivity index (χ4v) is 7.26. The number of hydrogen-bond acceptors (Lipinski definition) is 7. The Labute approximate surface area is 175 Å². The number of carbonyl (C=O) groups is 1. The Kier molecular flexibility index (Phi) is 3.73. The van der Waals surface area contributed by atoms with E-state index in [-0.39, 0.29) is 42.0 Å². The lowest BCUT2D eigenvalue weighted by Gasteiger charge is -2.47. The normalized spacial score (nSPS) is 50.3. The zero-order valence-electron chi connectivity index (χ0n) is 17.5. The lowest BCUT2D eigenvalue weighted by molar-refractivity contribution is -0.255. The minimum Gasteiger partial charge on any atom is -0.492 e. The lowest BCUT2D eigenvalue weighted by atomic mass is 9.71. The van der Waals surface area contributed by atoms with Gasteiger partial charge in [0.2, 0.25) is 11.5 Å². The van der Waals surface area contributed by atoms with Gasteiger partial charge in [-0.05, 0) is 19.8 Å². The third-order valence-corrected chi connectivity index (χ3v) is 8.19. The summed E-state index contributed by atoms with van der Waals surface area (Å²) in [6, 6.07) is 0.371. The molecule has 1 spiro atoms. The molecule has 5 saturated heterocycles. The van der Waals surface area contributed by atoms with Crippen LogP contribution in [0.25, 0.3) is 0 Å². The van der Waals surface area contributed by atoms with Gasteiger partial charge in [0.05, 0.1) is 42.8 Å². The van der Waals surface area contributed by atoms with Crippen LogP contribution in [0.1, 0.15) is 26.7 Å². The zero-order chi connectivity index (χ0) is 20.8. The molecule has 7 heteroatoms. The van der Waals surface area contributed by atoms with Crippen molar-refractivity contribution in [3.05, 3.63) is 47.2 Å². The molecule has 6 aliphatic rings. The van der Waals surface area contributed by atoms with E-state index in [9.17, 15) is 4.79 Å². The van der Waals surface area contributed by atoms with Crippen LogP contribution in [-0.4, -0.2) is 59.7 Å². The molecule has 1 N–H and O–H groups in total. The number of hydrogen-bond donors (Lipinski definition) is 1. The van der Waals surface area contributed by atoms with Gasteiger partial charge in [-0.2, -0.15) is 0 Å². The molecule has 8 atom stereocenters. The molecule has 0 aromatic carbocycles. The van der Waals surface area contributed by atoms with E-state index in [1.807, 2.05) is 12.2 Å². The summed E-state index contributed by atoms with van der Waals surface area (Å²) in [5.74, 6) is 0.968. The van der Waals surface area contributed by atoms with Crippen molar-refractivity contribution in [1.82, 2.24) is 4.90 Å². The summed E-state index contributed by atoms with van der Waals surface area (Å²) in [4.78, 5) is 14.8. The summed E-state index contributed by atoms with van der Waals surface area (Å²) in [7, 11) is 1.55. The highest BCUT2D eigenvalue weighted by Gasteiger charge is 2.83. The summed E-state index contributed by atoms with van der Waals surface area (Å²) in [6.07, 6.45) is 10.0. The molecule has 0 aliphatic carbocycles. The van der Waals surface area contributed by atoms with Gasteiger partial charge < -0.3 is 24.1 Å². The van der Waals surface area contributed by atoms with Crippen LogP contribution in [0, 0.1) is 17.8 Å². The summed E-state index contributed by atoms with van der Waals surface area (Å²) in [5, 5.41) is 9.04. The van der Waals surface area contributed by atoms with Crippen molar-refractivity contribution in [2.24, 2.45) is 17.8 Å². The zero-order valence-corrected chi connectivity index (χ0v) is 17.5. The van der Waals surface area contributed by atoms with Crippen LogP contribution in [0.15, 0.2) is 47.2 Å². The van der Waals surface area contributed by atoms with E-state index < -0.39 is 5.79 Å². The second-order valence-corrected chi connectivity index (χ2v) is 9.18. The van der Waals surface area contributed by atoms with Gasteiger partial charge in [-0.1, -0.05) is 31.2 Å². The maximum Gasteiger partial charge on any atom is 0.343 e. The molecule has 0 saturated carbocycles. The predicted molar refractivity (Wildman–Crippen MR) is 105 cm³/mol. The first-order valence-electron chi connectivity index (χ1n) is 10.8. The van der Waals surface area contributed by atoms with Crippen LogP contribution < -0.4 is 0 Å². The second kappa shape index (κ2) is 5.99. The summed E-state index contributed by atoms with van der Waals surface area (Å²) < 4.78 is 24.5. The van der Waals surface area contributed by atoms with E-state index in [1.165, 1.54) is 0 Å². The number of ether oxygens (including phenoxy) is 4. The monoisotopic (exact) mass is 413 g/mol. The molecular weight excluding hydrogens is 386 g/mol. The maximum atomic E-state index is 12.2. The molecule has 0 aromatic heterocycles. The van der Waals surface area contributed by atoms with E-state index in [2.05, 4.69) is 17.9 Å². The predicted octanol–water partition coefficient (Wildman–Crippen LogP) is 2.00. The maximum absolute atomic E-state index is 12.2. The highest BCUT2D eigenvalue weighted by molar-refractivity contribution is 5.93. The fourth-order valence-electron chi connectivity index (χ4n) is 7.26. The van der Waals surface area contributed by atoms with Gasteiger partial charge in [-0.15, -0.1) is 0 Å². The number of methoxy groups -OCH3 is 1. The number of allylic oxidation sites excluding steroid dienone is 3. The number of nitrogens with zero attached hydrogens (tertiary/aromatic N) is 1. The number of esters is 1. The third-order valence-electron chi connectivity index (χ3n) is 8.19. The molecule has 1 unspecified atom stereocenters. The summed E-state index contributed by atoms with van der Waals surface area (Å²) >= 11 is 0. The topological polar surface area (TPSA) is 77.5 Å². The van der Waals surface area contributed by atoms with E-state index in [4.69, 9.17) is 24.1 Å². The van der Waals surface area contributed by atoms with Gasteiger partial charge in [0, 0.05) is 18.5 Å². The Morgan fingerprint density at radius 1 is 1.37 bits per heavy atom. The molecule has 7 nitrogen and oxygen atoms in total. The molecule has 0 amide bonds. The van der Waals surface area contributed by atoms with Crippen LogP contribution in [0.2, 0.25) is 0 Å². The van der Waals surface area contributed by atoms with Gasteiger partial charge in [0.1, 0.15) is 5.76 Å². The van der Waals surface area contributed by atoms with Gasteiger partial charge in [0.25, 0.3) is 0 Å². The molecule has 5 bridgehead atoms. The molecule has 0 aromatic rings. The molecule has 5 fully saturated rings. The number of rotatable bonds is 4. The fraction of sp³-hybridized carbons (Fsp3) is 0.609. The van der Waals surface area contributed by atoms with Gasteiger partial charge >= 0.3 is 5.97 Å². The second-order valence-electron chi connectivity index (χ2n) is 9.18. The molecule has 0 radical (unpaired) electrons. The number of aliphatic hydroxyl groups excluding tert-OH is 1. The van der Waals surface area contributed by atoms with E-state index in [0.717, 1.165) is 19.4 Å².